The molecule has 2 atom stereocenters. The lowest BCUT2D eigenvalue weighted by Gasteiger charge is -2.03. The zero-order chi connectivity index (χ0) is 18.2. The third-order valence-corrected chi connectivity index (χ3v) is 6.87. The van der Waals surface area contributed by atoms with Crippen LogP contribution in [0.2, 0.25) is 0 Å². The molecule has 1 fully saturated rings. The average Bonchev–Trinajstić information content (AvgIpc) is 3.36. The van der Waals surface area contributed by atoms with Crippen molar-refractivity contribution >= 4 is 17.7 Å². The molecule has 2 nitrogen and oxygen atoms in total. The third-order valence-electron chi connectivity index (χ3n) is 5.36. The molecule has 0 radical (unpaired) electrons. The molecule has 0 aliphatic carbocycles. The molecule has 0 aromatic heterocycles. The largest absolute Gasteiger partial charge is 0.469 e. The molecule has 1 rings (SSSR count). The molecule has 0 spiro atoms. The van der Waals surface area contributed by atoms with E-state index in [1.807, 2.05) is 0 Å². The predicted molar refractivity (Wildman–Crippen MR) is 111 cm³/mol. The predicted octanol–water partition coefficient (Wildman–Crippen LogP) is 7.30. The summed E-state index contributed by atoms with van der Waals surface area (Å²) in [7, 11) is 1.47. The normalized spacial score (nSPS) is 19.1. The summed E-state index contributed by atoms with van der Waals surface area (Å²) >= 11 is 2.23. The molecule has 1 aliphatic rings. The van der Waals surface area contributed by atoms with Gasteiger partial charge in [-0.2, -0.15) is 11.8 Å². The first-order valence-corrected chi connectivity index (χ1v) is 11.9. The van der Waals surface area contributed by atoms with Gasteiger partial charge in [0.2, 0.25) is 0 Å². The molecule has 1 aliphatic heterocycles. The number of methoxy groups -OCH3 is 1. The second kappa shape index (κ2) is 16.0. The smallest absolute Gasteiger partial charge is 0.305 e. The van der Waals surface area contributed by atoms with Gasteiger partial charge in [0.25, 0.3) is 0 Å². The topological polar surface area (TPSA) is 26.3 Å². The molecule has 148 valence electrons. The van der Waals surface area contributed by atoms with E-state index < -0.39 is 0 Å². The van der Waals surface area contributed by atoms with Crippen molar-refractivity contribution in [3.63, 3.8) is 0 Å². The number of hydrogen-bond acceptors (Lipinski definition) is 3. The van der Waals surface area contributed by atoms with Crippen molar-refractivity contribution in [3.8, 4) is 0 Å². The van der Waals surface area contributed by atoms with Gasteiger partial charge in [-0.05, 0) is 19.3 Å². The van der Waals surface area contributed by atoms with Gasteiger partial charge in [-0.3, -0.25) is 4.79 Å². The summed E-state index contributed by atoms with van der Waals surface area (Å²) in [5.41, 5.74) is 0. The monoisotopic (exact) mass is 370 g/mol. The second-order valence-electron chi connectivity index (χ2n) is 7.71. The summed E-state index contributed by atoms with van der Waals surface area (Å²) in [6, 6.07) is 0. The minimum atomic E-state index is -0.0629. The third kappa shape index (κ3) is 13.7. The van der Waals surface area contributed by atoms with Crippen LogP contribution in [0.25, 0.3) is 0 Å². The molecule has 0 N–H and O–H groups in total. The average molecular weight is 371 g/mol. The molecule has 3 heteroatoms. The van der Waals surface area contributed by atoms with E-state index in [1.165, 1.54) is 103 Å². The Morgan fingerprint density at radius 3 is 1.64 bits per heavy atom. The molecule has 0 aromatic carbocycles. The summed E-state index contributed by atoms with van der Waals surface area (Å²) < 4.78 is 4.65. The highest BCUT2D eigenvalue weighted by molar-refractivity contribution is 8.07. The summed E-state index contributed by atoms with van der Waals surface area (Å²) in [5, 5.41) is 2.05. The van der Waals surface area contributed by atoms with Gasteiger partial charge in [0, 0.05) is 16.9 Å². The molecule has 0 bridgehead atoms. The first-order valence-electron chi connectivity index (χ1n) is 11.0. The van der Waals surface area contributed by atoms with E-state index in [4.69, 9.17) is 0 Å². The summed E-state index contributed by atoms with van der Waals surface area (Å²) in [5.74, 6) is -0.0629. The van der Waals surface area contributed by atoms with E-state index in [0.717, 1.165) is 16.9 Å². The number of esters is 1. The van der Waals surface area contributed by atoms with E-state index in [1.54, 1.807) is 0 Å². The van der Waals surface area contributed by atoms with Crippen LogP contribution in [0.15, 0.2) is 0 Å². The van der Waals surface area contributed by atoms with Gasteiger partial charge < -0.3 is 4.74 Å². The maximum absolute atomic E-state index is 11.0. The highest BCUT2D eigenvalue weighted by atomic mass is 32.2. The molecule has 0 aromatic rings. The zero-order valence-electron chi connectivity index (χ0n) is 16.9. The van der Waals surface area contributed by atoms with E-state index in [0.29, 0.717) is 6.42 Å². The lowest BCUT2D eigenvalue weighted by molar-refractivity contribution is -0.140. The number of ether oxygens (including phenoxy) is 1. The molecule has 25 heavy (non-hydrogen) atoms. The van der Waals surface area contributed by atoms with Crippen LogP contribution in [0.4, 0.5) is 0 Å². The Bertz CT molecular complexity index is 319. The van der Waals surface area contributed by atoms with Gasteiger partial charge in [0.15, 0.2) is 0 Å². The number of thioether (sulfide) groups is 1. The minimum absolute atomic E-state index is 0.0629. The molecule has 1 heterocycles. The maximum atomic E-state index is 11.0. The van der Waals surface area contributed by atoms with Gasteiger partial charge in [0.1, 0.15) is 0 Å². The number of unbranched alkanes of at least 4 members (excludes halogenated alkanes) is 12. The van der Waals surface area contributed by atoms with Crippen LogP contribution >= 0.6 is 11.8 Å². The van der Waals surface area contributed by atoms with Crippen LogP contribution in [-0.4, -0.2) is 23.6 Å². The quantitative estimate of drug-likeness (QED) is 0.144. The van der Waals surface area contributed by atoms with Crippen molar-refractivity contribution in [1.29, 1.82) is 0 Å². The molecule has 0 amide bonds. The van der Waals surface area contributed by atoms with Crippen molar-refractivity contribution in [2.45, 2.75) is 127 Å². The highest BCUT2D eigenvalue weighted by Gasteiger charge is 2.35. The molecule has 2 unspecified atom stereocenters. The van der Waals surface area contributed by atoms with Crippen molar-refractivity contribution in [3.05, 3.63) is 0 Å². The summed E-state index contributed by atoms with van der Waals surface area (Å²) in [4.78, 5) is 11.0. The number of carbonyl (C=O) groups is 1. The Balaban J connectivity index is 1.66. The Labute approximate surface area is 161 Å². The fraction of sp³-hybridized carbons (Fsp3) is 0.955. The Morgan fingerprint density at radius 1 is 0.720 bits per heavy atom. The van der Waals surface area contributed by atoms with Crippen LogP contribution in [-0.2, 0) is 9.53 Å². The van der Waals surface area contributed by atoms with Crippen LogP contribution < -0.4 is 0 Å². The lowest BCUT2D eigenvalue weighted by atomic mass is 10.0. The van der Waals surface area contributed by atoms with Gasteiger partial charge in [-0.25, -0.2) is 0 Å². The van der Waals surface area contributed by atoms with Crippen LogP contribution in [0, 0.1) is 0 Å². The Hall–Kier alpha value is -0.180. The fourth-order valence-corrected chi connectivity index (χ4v) is 4.94. The first-order chi connectivity index (χ1) is 12.3. The van der Waals surface area contributed by atoms with Gasteiger partial charge in [0.05, 0.1) is 7.11 Å². The van der Waals surface area contributed by atoms with Gasteiger partial charge in [-0.15, -0.1) is 0 Å². The van der Waals surface area contributed by atoms with Gasteiger partial charge in [-0.1, -0.05) is 90.4 Å². The highest BCUT2D eigenvalue weighted by Crippen LogP contribution is 2.47. The first kappa shape index (κ1) is 22.9. The zero-order valence-corrected chi connectivity index (χ0v) is 17.7. The van der Waals surface area contributed by atoms with E-state index in [-0.39, 0.29) is 5.97 Å². The van der Waals surface area contributed by atoms with Crippen LogP contribution in [0.1, 0.15) is 116 Å². The van der Waals surface area contributed by atoms with Crippen molar-refractivity contribution in [2.24, 2.45) is 0 Å². The van der Waals surface area contributed by atoms with Gasteiger partial charge >= 0.3 is 5.97 Å². The SMILES string of the molecule is CCCC1SC1CCCCCCCCCCCCCCCC(=O)OC. The molecular formula is C22H42O2S. The minimum Gasteiger partial charge on any atom is -0.469 e. The lowest BCUT2D eigenvalue weighted by Crippen LogP contribution is -1.99. The van der Waals surface area contributed by atoms with Crippen molar-refractivity contribution in [1.82, 2.24) is 0 Å². The van der Waals surface area contributed by atoms with E-state index >= 15 is 0 Å². The van der Waals surface area contributed by atoms with Crippen LogP contribution in [0.5, 0.6) is 0 Å². The van der Waals surface area contributed by atoms with Crippen LogP contribution in [0.3, 0.4) is 0 Å². The summed E-state index contributed by atoms with van der Waals surface area (Å²) in [6.07, 6.45) is 22.5. The molecule has 1 saturated heterocycles. The maximum Gasteiger partial charge on any atom is 0.305 e. The van der Waals surface area contributed by atoms with Crippen molar-refractivity contribution in [2.75, 3.05) is 7.11 Å². The second-order valence-corrected chi connectivity index (χ2v) is 9.20. The standard InChI is InChI=1S/C22H42O2S/c1-3-17-20-21(25-20)18-15-13-11-9-7-5-4-6-8-10-12-14-16-19-22(23)24-2/h20-21H,3-19H2,1-2H3. The Morgan fingerprint density at radius 2 is 1.16 bits per heavy atom. The number of carbonyl (C=O) groups excluding carboxylic acids is 1. The van der Waals surface area contributed by atoms with E-state index in [9.17, 15) is 4.79 Å². The molecular weight excluding hydrogens is 328 g/mol. The number of rotatable bonds is 18. The van der Waals surface area contributed by atoms with Crippen molar-refractivity contribution < 1.29 is 9.53 Å². The number of hydrogen-bond donors (Lipinski definition) is 0. The Kier molecular flexibility index (Phi) is 14.7. The van der Waals surface area contributed by atoms with E-state index in [2.05, 4.69) is 23.4 Å². The summed E-state index contributed by atoms with van der Waals surface area (Å²) in [6.45, 7) is 2.31. The molecule has 0 saturated carbocycles. The fourth-order valence-electron chi connectivity index (χ4n) is 3.63.